The summed E-state index contributed by atoms with van der Waals surface area (Å²) in [6, 6.07) is 0. The summed E-state index contributed by atoms with van der Waals surface area (Å²) >= 11 is 5.92. The molecule has 0 aliphatic carbocycles. The van der Waals surface area contributed by atoms with Gasteiger partial charge < -0.3 is 4.74 Å². The maximum atomic E-state index is 5.92. The molecule has 0 saturated carbocycles. The third kappa shape index (κ3) is 3.39. The van der Waals surface area contributed by atoms with Crippen molar-refractivity contribution in [2.24, 2.45) is 5.92 Å². The first-order chi connectivity index (χ1) is 6.47. The third-order valence-electron chi connectivity index (χ3n) is 2.68. The molecule has 14 heavy (non-hydrogen) atoms. The Morgan fingerprint density at radius 2 is 2.07 bits per heavy atom. The molecule has 3 unspecified atom stereocenters. The zero-order valence-electron chi connectivity index (χ0n) is 9.25. The first-order valence-corrected chi connectivity index (χ1v) is 5.42. The summed E-state index contributed by atoms with van der Waals surface area (Å²) in [5, 5.41) is 0. The molecule has 0 spiro atoms. The lowest BCUT2D eigenvalue weighted by atomic mass is 10.0. The van der Waals surface area contributed by atoms with Crippen LogP contribution in [0, 0.1) is 5.92 Å². The topological polar surface area (TPSA) is 31.0 Å². The SMILES string of the molecule is COOC(Cl)C(C)CCC1OC1(C)C. The molecule has 0 amide bonds. The van der Waals surface area contributed by atoms with Crippen LogP contribution in [-0.2, 0) is 14.5 Å². The molecule has 0 aromatic heterocycles. The van der Waals surface area contributed by atoms with Crippen molar-refractivity contribution in [3.05, 3.63) is 0 Å². The van der Waals surface area contributed by atoms with E-state index < -0.39 is 0 Å². The van der Waals surface area contributed by atoms with Gasteiger partial charge in [0.2, 0.25) is 0 Å². The normalized spacial score (nSPS) is 28.5. The van der Waals surface area contributed by atoms with Crippen LogP contribution in [0.4, 0.5) is 0 Å². The van der Waals surface area contributed by atoms with Crippen molar-refractivity contribution in [3.8, 4) is 0 Å². The predicted octanol–water partition coefficient (Wildman–Crippen LogP) is 2.72. The molecule has 3 atom stereocenters. The minimum absolute atomic E-state index is 0.0731. The van der Waals surface area contributed by atoms with Gasteiger partial charge in [-0.3, -0.25) is 0 Å². The lowest BCUT2D eigenvalue weighted by Gasteiger charge is -2.15. The van der Waals surface area contributed by atoms with Gasteiger partial charge in [0.25, 0.3) is 0 Å². The fraction of sp³-hybridized carbons (Fsp3) is 1.00. The summed E-state index contributed by atoms with van der Waals surface area (Å²) in [7, 11) is 1.47. The average Bonchev–Trinajstić information content (AvgIpc) is 2.70. The van der Waals surface area contributed by atoms with E-state index in [1.165, 1.54) is 7.11 Å². The molecule has 0 bridgehead atoms. The zero-order chi connectivity index (χ0) is 10.8. The molecule has 3 nitrogen and oxygen atoms in total. The van der Waals surface area contributed by atoms with Gasteiger partial charge in [0.1, 0.15) is 0 Å². The van der Waals surface area contributed by atoms with Gasteiger partial charge in [-0.1, -0.05) is 18.5 Å². The summed E-state index contributed by atoms with van der Waals surface area (Å²) in [5.74, 6) is 0.275. The standard InChI is InChI=1S/C10H19ClO3/c1-7(9(11)14-12-4)5-6-8-10(2,3)13-8/h7-9H,5-6H2,1-4H3. The minimum atomic E-state index is -0.373. The maximum Gasteiger partial charge on any atom is 0.168 e. The highest BCUT2D eigenvalue weighted by Crippen LogP contribution is 2.39. The van der Waals surface area contributed by atoms with E-state index >= 15 is 0 Å². The van der Waals surface area contributed by atoms with Crippen LogP contribution in [0.3, 0.4) is 0 Å². The van der Waals surface area contributed by atoms with Gasteiger partial charge in [-0.15, -0.1) is 0 Å². The van der Waals surface area contributed by atoms with Crippen molar-refractivity contribution in [2.75, 3.05) is 7.11 Å². The molecule has 1 fully saturated rings. The molecule has 84 valence electrons. The van der Waals surface area contributed by atoms with E-state index in [1.54, 1.807) is 0 Å². The quantitative estimate of drug-likeness (QED) is 0.300. The van der Waals surface area contributed by atoms with E-state index in [4.69, 9.17) is 21.2 Å². The predicted molar refractivity (Wildman–Crippen MR) is 55.1 cm³/mol. The highest BCUT2D eigenvalue weighted by atomic mass is 35.5. The largest absolute Gasteiger partial charge is 0.367 e. The van der Waals surface area contributed by atoms with Crippen molar-refractivity contribution in [3.63, 3.8) is 0 Å². The molecule has 1 heterocycles. The van der Waals surface area contributed by atoms with E-state index in [-0.39, 0.29) is 17.1 Å². The molecule has 0 radical (unpaired) electrons. The molecular weight excluding hydrogens is 204 g/mol. The number of rotatable bonds is 6. The van der Waals surface area contributed by atoms with Crippen LogP contribution in [0.15, 0.2) is 0 Å². The van der Waals surface area contributed by atoms with E-state index in [1.807, 2.05) is 6.92 Å². The van der Waals surface area contributed by atoms with Crippen LogP contribution < -0.4 is 0 Å². The Hall–Kier alpha value is 0.170. The number of hydrogen-bond acceptors (Lipinski definition) is 3. The van der Waals surface area contributed by atoms with Crippen molar-refractivity contribution >= 4 is 11.6 Å². The summed E-state index contributed by atoms with van der Waals surface area (Å²) in [5.41, 5.74) is -0.300. The Bertz CT molecular complexity index is 184. The molecule has 0 aromatic carbocycles. The number of halogens is 1. The van der Waals surface area contributed by atoms with Crippen LogP contribution in [0.1, 0.15) is 33.6 Å². The van der Waals surface area contributed by atoms with Crippen molar-refractivity contribution < 1.29 is 14.5 Å². The van der Waals surface area contributed by atoms with Gasteiger partial charge in [-0.2, -0.15) is 0 Å². The fourth-order valence-corrected chi connectivity index (χ4v) is 1.67. The van der Waals surface area contributed by atoms with Crippen LogP contribution >= 0.6 is 11.6 Å². The molecule has 4 heteroatoms. The van der Waals surface area contributed by atoms with Crippen LogP contribution in [-0.4, -0.2) is 24.4 Å². The molecule has 0 aromatic rings. The monoisotopic (exact) mass is 222 g/mol. The van der Waals surface area contributed by atoms with E-state index in [2.05, 4.69) is 18.7 Å². The Kier molecular flexibility index (Phi) is 4.19. The average molecular weight is 223 g/mol. The number of hydrogen-bond donors (Lipinski definition) is 0. The molecule has 1 aliphatic rings. The molecule has 1 aliphatic heterocycles. The Balaban J connectivity index is 2.12. The highest BCUT2D eigenvalue weighted by Gasteiger charge is 2.47. The summed E-state index contributed by atoms with van der Waals surface area (Å²) in [4.78, 5) is 9.36. The Morgan fingerprint density at radius 1 is 1.50 bits per heavy atom. The smallest absolute Gasteiger partial charge is 0.168 e. The lowest BCUT2D eigenvalue weighted by Crippen LogP contribution is -2.16. The second-order valence-electron chi connectivity index (χ2n) is 4.38. The summed E-state index contributed by atoms with van der Waals surface area (Å²) < 4.78 is 5.48. The Morgan fingerprint density at radius 3 is 2.50 bits per heavy atom. The molecule has 0 N–H and O–H groups in total. The number of alkyl halides is 1. The van der Waals surface area contributed by atoms with Gasteiger partial charge in [-0.25, -0.2) is 9.78 Å². The molecular formula is C10H19ClO3. The van der Waals surface area contributed by atoms with Gasteiger partial charge >= 0.3 is 0 Å². The molecule has 1 saturated heterocycles. The Labute approximate surface area is 90.6 Å². The number of epoxide rings is 1. The third-order valence-corrected chi connectivity index (χ3v) is 3.19. The van der Waals surface area contributed by atoms with Gasteiger partial charge in [0, 0.05) is 0 Å². The van der Waals surface area contributed by atoms with E-state index in [0.717, 1.165) is 12.8 Å². The van der Waals surface area contributed by atoms with Crippen LogP contribution in [0.2, 0.25) is 0 Å². The second kappa shape index (κ2) is 4.79. The van der Waals surface area contributed by atoms with Gasteiger partial charge in [0.15, 0.2) is 5.56 Å². The molecule has 1 rings (SSSR count). The first kappa shape index (κ1) is 12.2. The lowest BCUT2D eigenvalue weighted by molar-refractivity contribution is -0.293. The van der Waals surface area contributed by atoms with E-state index in [9.17, 15) is 0 Å². The van der Waals surface area contributed by atoms with Gasteiger partial charge in [-0.05, 0) is 32.6 Å². The highest BCUT2D eigenvalue weighted by molar-refractivity contribution is 6.19. The minimum Gasteiger partial charge on any atom is -0.367 e. The van der Waals surface area contributed by atoms with Crippen molar-refractivity contribution in [2.45, 2.75) is 50.9 Å². The fourth-order valence-electron chi connectivity index (χ4n) is 1.47. The number of ether oxygens (including phenoxy) is 1. The van der Waals surface area contributed by atoms with Gasteiger partial charge in [0.05, 0.1) is 18.8 Å². The van der Waals surface area contributed by atoms with E-state index in [0.29, 0.717) is 6.10 Å². The summed E-state index contributed by atoms with van der Waals surface area (Å²) in [6.45, 7) is 6.25. The van der Waals surface area contributed by atoms with Crippen LogP contribution in [0.5, 0.6) is 0 Å². The maximum absolute atomic E-state index is 5.92. The van der Waals surface area contributed by atoms with Crippen molar-refractivity contribution in [1.82, 2.24) is 0 Å². The summed E-state index contributed by atoms with van der Waals surface area (Å²) in [6.07, 6.45) is 2.41. The zero-order valence-corrected chi connectivity index (χ0v) is 10.0. The second-order valence-corrected chi connectivity index (χ2v) is 4.81. The van der Waals surface area contributed by atoms with Crippen LogP contribution in [0.25, 0.3) is 0 Å². The van der Waals surface area contributed by atoms with Crippen molar-refractivity contribution in [1.29, 1.82) is 0 Å². The first-order valence-electron chi connectivity index (χ1n) is 4.98.